The summed E-state index contributed by atoms with van der Waals surface area (Å²) in [6.45, 7) is 0. The summed E-state index contributed by atoms with van der Waals surface area (Å²) in [6, 6.07) is 38.7. The van der Waals surface area contributed by atoms with Crippen LogP contribution < -0.4 is 14.7 Å². The van der Waals surface area contributed by atoms with E-state index in [1.807, 2.05) is 91.0 Å². The van der Waals surface area contributed by atoms with Crippen LogP contribution in [-0.2, 0) is 0 Å². The van der Waals surface area contributed by atoms with E-state index in [9.17, 15) is 14.4 Å². The molecule has 9 heterocycles. The fraction of sp³-hybridized carbons (Fsp3) is 0.0500. The molecule has 0 radical (unpaired) electrons. The molecule has 0 N–H and O–H groups in total. The van der Waals surface area contributed by atoms with Crippen molar-refractivity contribution >= 4 is 101 Å². The highest BCUT2D eigenvalue weighted by Crippen LogP contribution is 2.38. The maximum absolute atomic E-state index is 14.6. The Morgan fingerprint density at radius 2 is 0.667 bits per heavy atom. The van der Waals surface area contributed by atoms with Gasteiger partial charge in [0.05, 0.1) is 71.3 Å². The van der Waals surface area contributed by atoms with E-state index in [1.54, 1.807) is 95.1 Å². The van der Waals surface area contributed by atoms with Gasteiger partial charge >= 0.3 is 0 Å². The number of nitrogens with zero attached hydrogens (tertiary/aromatic N) is 9. The van der Waals surface area contributed by atoms with Crippen LogP contribution in [-0.4, -0.2) is 68.8 Å². The summed E-state index contributed by atoms with van der Waals surface area (Å²) in [5.41, 5.74) is 10.0. The standard InChI is InChI=1S/C60H39N9O6/c1-67(37-13-16-49(64-28-37)46-10-4-7-43-40-19-22-61-31-52(40)73-55(43)46)58(70)34-25-35(59(71)68(2)38-14-17-50(65-29-38)47-11-5-8-44-41-20-23-62-32-53(41)74-56(44)47)27-36(26-34)60(72)69(3)39-15-18-51(66-30-39)48-12-6-9-45-42-21-24-63-33-54(42)75-57(45)48/h4-33H,1-3H3. The first kappa shape index (κ1) is 44.5. The number of hydrogen-bond donors (Lipinski definition) is 0. The van der Waals surface area contributed by atoms with Crippen molar-refractivity contribution in [3.8, 4) is 33.8 Å². The largest absolute Gasteiger partial charge is 0.454 e. The van der Waals surface area contributed by atoms with Gasteiger partial charge in [0.2, 0.25) is 0 Å². The van der Waals surface area contributed by atoms with Gasteiger partial charge in [-0.05, 0) is 91.0 Å². The Morgan fingerprint density at radius 3 is 0.947 bits per heavy atom. The average molecular weight is 982 g/mol. The van der Waals surface area contributed by atoms with Crippen LogP contribution in [0.15, 0.2) is 196 Å². The van der Waals surface area contributed by atoms with Crippen molar-refractivity contribution in [2.24, 2.45) is 0 Å². The normalized spacial score (nSPS) is 11.6. The molecule has 15 nitrogen and oxygen atoms in total. The SMILES string of the molecule is CN(C(=O)c1cc(C(=O)N(C)c2ccc(-c3cccc4c3oc3cnccc34)nc2)cc(C(=O)N(C)c2ccc(-c3cccc4c3oc3cnccc34)nc2)c1)c1ccc(-c2cccc3c2oc2cnccc23)nc1. The van der Waals surface area contributed by atoms with E-state index >= 15 is 0 Å². The Morgan fingerprint density at radius 1 is 0.360 bits per heavy atom. The molecule has 13 rings (SSSR count). The molecule has 0 spiro atoms. The fourth-order valence-corrected chi connectivity index (χ4v) is 9.73. The number of carbonyl (C=O) groups excluding carboxylic acids is 3. The summed E-state index contributed by atoms with van der Waals surface area (Å²) in [4.78, 5) is 75.1. The van der Waals surface area contributed by atoms with Gasteiger partial charge in [0.15, 0.2) is 16.7 Å². The summed E-state index contributed by atoms with van der Waals surface area (Å²) in [6.07, 6.45) is 15.0. The zero-order valence-electron chi connectivity index (χ0n) is 40.3. The summed E-state index contributed by atoms with van der Waals surface area (Å²) in [5, 5.41) is 5.65. The van der Waals surface area contributed by atoms with Crippen LogP contribution >= 0.6 is 0 Å². The van der Waals surface area contributed by atoms with Crippen molar-refractivity contribution in [3.05, 3.63) is 200 Å². The molecule has 0 aliphatic carbocycles. The molecule has 15 heteroatoms. The lowest BCUT2D eigenvalue weighted by Gasteiger charge is -2.22. The summed E-state index contributed by atoms with van der Waals surface area (Å²) >= 11 is 0. The number of benzene rings is 4. The molecule has 4 aromatic carbocycles. The molecule has 0 atom stereocenters. The van der Waals surface area contributed by atoms with Gasteiger partial charge in [-0.15, -0.1) is 0 Å². The van der Waals surface area contributed by atoms with Crippen molar-refractivity contribution in [2.75, 3.05) is 35.8 Å². The second kappa shape index (κ2) is 17.7. The van der Waals surface area contributed by atoms with Crippen LogP contribution in [0.3, 0.4) is 0 Å². The second-order valence-corrected chi connectivity index (χ2v) is 18.1. The Balaban J connectivity index is 0.818. The molecule has 0 aliphatic rings. The maximum Gasteiger partial charge on any atom is 0.258 e. The van der Waals surface area contributed by atoms with E-state index in [0.29, 0.717) is 67.6 Å². The predicted octanol–water partition coefficient (Wildman–Crippen LogP) is 12.6. The summed E-state index contributed by atoms with van der Waals surface area (Å²) in [5.74, 6) is -1.43. The van der Waals surface area contributed by atoms with Gasteiger partial charge in [0.1, 0.15) is 16.7 Å². The zero-order valence-corrected chi connectivity index (χ0v) is 40.3. The molecule has 13 aromatic rings. The molecule has 360 valence electrons. The summed E-state index contributed by atoms with van der Waals surface area (Å²) < 4.78 is 18.6. The van der Waals surface area contributed by atoms with Crippen molar-refractivity contribution in [3.63, 3.8) is 0 Å². The molecule has 0 saturated heterocycles. The lowest BCUT2D eigenvalue weighted by atomic mass is 10.0. The van der Waals surface area contributed by atoms with Crippen LogP contribution in [0.25, 0.3) is 99.6 Å². The minimum atomic E-state index is -0.478. The number of fused-ring (bicyclic) bond motifs is 9. The van der Waals surface area contributed by atoms with Gasteiger partial charge in [-0.2, -0.15) is 0 Å². The Kier molecular flexibility index (Phi) is 10.5. The molecule has 0 fully saturated rings. The number of furan rings is 3. The third-order valence-electron chi connectivity index (χ3n) is 13.7. The smallest absolute Gasteiger partial charge is 0.258 e. The van der Waals surface area contributed by atoms with E-state index in [2.05, 4.69) is 15.0 Å². The van der Waals surface area contributed by atoms with E-state index in [1.165, 1.54) is 32.9 Å². The summed E-state index contributed by atoms with van der Waals surface area (Å²) in [7, 11) is 4.85. The fourth-order valence-electron chi connectivity index (χ4n) is 9.73. The first-order chi connectivity index (χ1) is 36.7. The highest BCUT2D eigenvalue weighted by atomic mass is 16.3. The zero-order chi connectivity index (χ0) is 50.9. The van der Waals surface area contributed by atoms with Gasteiger partial charge in [0, 0.05) is 105 Å². The number of carbonyl (C=O) groups is 3. The number of aromatic nitrogens is 6. The average Bonchev–Trinajstić information content (AvgIpc) is 4.18. The first-order valence-corrected chi connectivity index (χ1v) is 23.8. The van der Waals surface area contributed by atoms with E-state index < -0.39 is 17.7 Å². The quantitative estimate of drug-likeness (QED) is 0.134. The third kappa shape index (κ3) is 7.56. The molecular formula is C60H39N9O6. The van der Waals surface area contributed by atoms with Gasteiger partial charge < -0.3 is 28.0 Å². The number of rotatable bonds is 9. The molecule has 0 aliphatic heterocycles. The minimum Gasteiger partial charge on any atom is -0.454 e. The minimum absolute atomic E-state index is 0.100. The van der Waals surface area contributed by atoms with E-state index in [0.717, 1.165) is 49.0 Å². The number of para-hydroxylation sites is 3. The molecule has 3 amide bonds. The van der Waals surface area contributed by atoms with Crippen molar-refractivity contribution in [2.45, 2.75) is 0 Å². The van der Waals surface area contributed by atoms with Crippen molar-refractivity contribution in [1.82, 2.24) is 29.9 Å². The molecular weight excluding hydrogens is 943 g/mol. The highest BCUT2D eigenvalue weighted by molar-refractivity contribution is 6.15. The first-order valence-electron chi connectivity index (χ1n) is 23.8. The van der Waals surface area contributed by atoms with Crippen molar-refractivity contribution in [1.29, 1.82) is 0 Å². The molecule has 0 unspecified atom stereocenters. The molecule has 0 bridgehead atoms. The lowest BCUT2D eigenvalue weighted by molar-refractivity contribution is 0.0992. The Labute approximate surface area is 426 Å². The van der Waals surface area contributed by atoms with Crippen LogP contribution in [0.1, 0.15) is 31.1 Å². The predicted molar refractivity (Wildman–Crippen MR) is 289 cm³/mol. The third-order valence-corrected chi connectivity index (χ3v) is 13.7. The van der Waals surface area contributed by atoms with Gasteiger partial charge in [-0.25, -0.2) is 0 Å². The highest BCUT2D eigenvalue weighted by Gasteiger charge is 2.25. The number of hydrogen-bond acceptors (Lipinski definition) is 12. The Hall–Kier alpha value is -10.4. The monoisotopic (exact) mass is 981 g/mol. The van der Waals surface area contributed by atoms with E-state index in [4.69, 9.17) is 28.2 Å². The lowest BCUT2D eigenvalue weighted by Crippen LogP contribution is -2.31. The van der Waals surface area contributed by atoms with E-state index in [-0.39, 0.29) is 16.7 Å². The van der Waals surface area contributed by atoms with Gasteiger partial charge in [0.25, 0.3) is 17.7 Å². The number of anilines is 3. The topological polar surface area (TPSA) is 178 Å². The number of pyridine rings is 6. The number of amides is 3. The van der Waals surface area contributed by atoms with Gasteiger partial charge in [-0.1, -0.05) is 36.4 Å². The van der Waals surface area contributed by atoms with Crippen LogP contribution in [0.4, 0.5) is 17.1 Å². The maximum atomic E-state index is 14.6. The molecule has 0 saturated carbocycles. The van der Waals surface area contributed by atoms with Crippen LogP contribution in [0.2, 0.25) is 0 Å². The van der Waals surface area contributed by atoms with Crippen LogP contribution in [0, 0.1) is 0 Å². The van der Waals surface area contributed by atoms with Crippen LogP contribution in [0.5, 0.6) is 0 Å². The molecule has 75 heavy (non-hydrogen) atoms. The second-order valence-electron chi connectivity index (χ2n) is 18.1. The van der Waals surface area contributed by atoms with Crippen molar-refractivity contribution < 1.29 is 27.6 Å². The van der Waals surface area contributed by atoms with Gasteiger partial charge in [-0.3, -0.25) is 44.3 Å². The Bertz CT molecular complexity index is 3970. The molecule has 9 aromatic heterocycles.